The van der Waals surface area contributed by atoms with Gasteiger partial charge in [-0.2, -0.15) is 5.10 Å². The molecule has 0 spiro atoms. The van der Waals surface area contributed by atoms with Crippen LogP contribution in [-0.2, 0) is 9.53 Å². The Morgan fingerprint density at radius 3 is 3.18 bits per heavy atom. The number of aromatic amines is 1. The van der Waals surface area contributed by atoms with E-state index in [1.165, 1.54) is 0 Å². The Bertz CT molecular complexity index is 545. The van der Waals surface area contributed by atoms with Crippen LogP contribution >= 0.6 is 0 Å². The Labute approximate surface area is 98.2 Å². The number of rotatable bonds is 3. The van der Waals surface area contributed by atoms with Gasteiger partial charge in [-0.05, 0) is 18.2 Å². The monoisotopic (exact) mass is 231 g/mol. The molecule has 1 aliphatic rings. The maximum atomic E-state index is 11.7. The number of fused-ring (bicyclic) bond motifs is 1. The third kappa shape index (κ3) is 2.14. The summed E-state index contributed by atoms with van der Waals surface area (Å²) in [5.74, 6) is 0.425. The van der Waals surface area contributed by atoms with Crippen LogP contribution in [-0.4, -0.2) is 29.3 Å². The van der Waals surface area contributed by atoms with E-state index in [0.717, 1.165) is 16.6 Å². The van der Waals surface area contributed by atoms with Gasteiger partial charge in [0.1, 0.15) is 0 Å². The maximum Gasteiger partial charge on any atom is 0.224 e. The van der Waals surface area contributed by atoms with Crippen LogP contribution in [0.5, 0.6) is 0 Å². The molecule has 2 N–H and O–H groups in total. The molecule has 1 amide bonds. The molecule has 0 atom stereocenters. The Morgan fingerprint density at radius 2 is 2.41 bits per heavy atom. The number of aromatic nitrogens is 2. The predicted molar refractivity (Wildman–Crippen MR) is 63.6 cm³/mol. The van der Waals surface area contributed by atoms with Crippen LogP contribution in [0.25, 0.3) is 10.9 Å². The molecule has 5 heteroatoms. The molecule has 0 radical (unpaired) electrons. The molecule has 2 aromatic rings. The molecule has 1 saturated heterocycles. The van der Waals surface area contributed by atoms with E-state index < -0.39 is 0 Å². The van der Waals surface area contributed by atoms with Crippen molar-refractivity contribution in [2.75, 3.05) is 18.5 Å². The zero-order valence-corrected chi connectivity index (χ0v) is 9.27. The predicted octanol–water partition coefficient (Wildman–Crippen LogP) is 1.54. The van der Waals surface area contributed by atoms with E-state index in [-0.39, 0.29) is 5.91 Å². The van der Waals surface area contributed by atoms with Crippen LogP contribution in [0.2, 0.25) is 0 Å². The quantitative estimate of drug-likeness (QED) is 0.842. The van der Waals surface area contributed by atoms with Gasteiger partial charge in [-0.25, -0.2) is 0 Å². The lowest BCUT2D eigenvalue weighted by Gasteiger charge is -2.25. The smallest absolute Gasteiger partial charge is 0.224 e. The van der Waals surface area contributed by atoms with Gasteiger partial charge in [0.15, 0.2) is 0 Å². The molecule has 88 valence electrons. The first-order valence-corrected chi connectivity index (χ1v) is 5.62. The van der Waals surface area contributed by atoms with Crippen LogP contribution in [0.1, 0.15) is 6.42 Å². The molecule has 1 aliphatic heterocycles. The van der Waals surface area contributed by atoms with Crippen molar-refractivity contribution in [1.29, 1.82) is 0 Å². The summed E-state index contributed by atoms with van der Waals surface area (Å²) in [4.78, 5) is 11.7. The average molecular weight is 231 g/mol. The van der Waals surface area contributed by atoms with E-state index in [1.54, 1.807) is 6.20 Å². The Hall–Kier alpha value is -1.88. The molecule has 1 fully saturated rings. The minimum Gasteiger partial charge on any atom is -0.381 e. The van der Waals surface area contributed by atoms with Gasteiger partial charge < -0.3 is 10.1 Å². The summed E-state index contributed by atoms with van der Waals surface area (Å²) in [7, 11) is 0. The highest BCUT2D eigenvalue weighted by molar-refractivity contribution is 5.93. The van der Waals surface area contributed by atoms with Crippen LogP contribution in [0.15, 0.2) is 24.4 Å². The topological polar surface area (TPSA) is 67.0 Å². The van der Waals surface area contributed by atoms with Crippen molar-refractivity contribution >= 4 is 22.5 Å². The van der Waals surface area contributed by atoms with Crippen molar-refractivity contribution in [2.45, 2.75) is 6.42 Å². The second-order valence-electron chi connectivity index (χ2n) is 4.33. The second-order valence-corrected chi connectivity index (χ2v) is 4.33. The molecule has 0 saturated carbocycles. The van der Waals surface area contributed by atoms with Gasteiger partial charge in [-0.3, -0.25) is 9.89 Å². The fourth-order valence-corrected chi connectivity index (χ4v) is 1.90. The van der Waals surface area contributed by atoms with E-state index in [0.29, 0.717) is 25.6 Å². The van der Waals surface area contributed by atoms with Crippen molar-refractivity contribution in [3.8, 4) is 0 Å². The van der Waals surface area contributed by atoms with Crippen molar-refractivity contribution in [3.05, 3.63) is 24.4 Å². The SMILES string of the molecule is O=C(CC1COC1)Nc1ccc2[nH]ncc2c1. The second kappa shape index (κ2) is 4.18. The standard InChI is InChI=1S/C12H13N3O2/c16-12(3-8-6-17-7-8)14-10-1-2-11-9(4-10)5-13-15-11/h1-2,4-5,8H,3,6-7H2,(H,13,15)(H,14,16). The number of ether oxygens (including phenoxy) is 1. The van der Waals surface area contributed by atoms with Crippen LogP contribution in [0.4, 0.5) is 5.69 Å². The number of hydrogen-bond donors (Lipinski definition) is 2. The average Bonchev–Trinajstić information content (AvgIpc) is 2.71. The van der Waals surface area contributed by atoms with Crippen molar-refractivity contribution in [1.82, 2.24) is 10.2 Å². The number of carbonyl (C=O) groups is 1. The number of benzene rings is 1. The lowest BCUT2D eigenvalue weighted by molar-refractivity contribution is -0.121. The van der Waals surface area contributed by atoms with E-state index >= 15 is 0 Å². The van der Waals surface area contributed by atoms with Gasteiger partial charge in [-0.1, -0.05) is 0 Å². The fourth-order valence-electron chi connectivity index (χ4n) is 1.90. The summed E-state index contributed by atoms with van der Waals surface area (Å²) in [5, 5.41) is 10.7. The number of anilines is 1. The molecule has 5 nitrogen and oxygen atoms in total. The van der Waals surface area contributed by atoms with Gasteiger partial charge in [0.25, 0.3) is 0 Å². The van der Waals surface area contributed by atoms with Crippen molar-refractivity contribution in [3.63, 3.8) is 0 Å². The first-order chi connectivity index (χ1) is 8.31. The summed E-state index contributed by atoms with van der Waals surface area (Å²) >= 11 is 0. The van der Waals surface area contributed by atoms with Gasteiger partial charge >= 0.3 is 0 Å². The fraction of sp³-hybridized carbons (Fsp3) is 0.333. The number of carbonyl (C=O) groups excluding carboxylic acids is 1. The highest BCUT2D eigenvalue weighted by atomic mass is 16.5. The van der Waals surface area contributed by atoms with Gasteiger partial charge in [0.2, 0.25) is 5.91 Å². The first-order valence-electron chi connectivity index (χ1n) is 5.62. The highest BCUT2D eigenvalue weighted by Crippen LogP contribution is 2.19. The zero-order valence-electron chi connectivity index (χ0n) is 9.27. The summed E-state index contributed by atoms with van der Waals surface area (Å²) in [5.41, 5.74) is 1.78. The highest BCUT2D eigenvalue weighted by Gasteiger charge is 2.21. The summed E-state index contributed by atoms with van der Waals surface area (Å²) in [6, 6.07) is 5.69. The Kier molecular flexibility index (Phi) is 2.53. The normalized spacial score (nSPS) is 15.8. The molecular formula is C12H13N3O2. The van der Waals surface area contributed by atoms with Crippen LogP contribution < -0.4 is 5.32 Å². The number of hydrogen-bond acceptors (Lipinski definition) is 3. The molecule has 3 rings (SSSR count). The van der Waals surface area contributed by atoms with Crippen LogP contribution in [0, 0.1) is 5.92 Å². The number of nitrogens with one attached hydrogen (secondary N) is 2. The van der Waals surface area contributed by atoms with Crippen molar-refractivity contribution < 1.29 is 9.53 Å². The Morgan fingerprint density at radius 1 is 1.53 bits per heavy atom. The summed E-state index contributed by atoms with van der Waals surface area (Å²) in [6.07, 6.45) is 2.27. The van der Waals surface area contributed by atoms with E-state index in [2.05, 4.69) is 15.5 Å². The van der Waals surface area contributed by atoms with E-state index in [9.17, 15) is 4.79 Å². The molecule has 17 heavy (non-hydrogen) atoms. The lowest BCUT2D eigenvalue weighted by atomic mass is 10.0. The molecule has 0 bridgehead atoms. The van der Waals surface area contributed by atoms with Crippen LogP contribution in [0.3, 0.4) is 0 Å². The number of H-pyrrole nitrogens is 1. The molecule has 1 aromatic heterocycles. The third-order valence-corrected chi connectivity index (χ3v) is 2.91. The lowest BCUT2D eigenvalue weighted by Crippen LogP contribution is -2.31. The van der Waals surface area contributed by atoms with E-state index in [4.69, 9.17) is 4.74 Å². The minimum atomic E-state index is 0.0427. The number of amides is 1. The zero-order chi connectivity index (χ0) is 11.7. The van der Waals surface area contributed by atoms with Gasteiger partial charge in [-0.15, -0.1) is 0 Å². The van der Waals surface area contributed by atoms with E-state index in [1.807, 2.05) is 18.2 Å². The first kappa shape index (κ1) is 10.3. The summed E-state index contributed by atoms with van der Waals surface area (Å²) in [6.45, 7) is 1.41. The maximum absolute atomic E-state index is 11.7. The molecular weight excluding hydrogens is 218 g/mol. The number of nitrogens with zero attached hydrogens (tertiary/aromatic N) is 1. The molecule has 1 aromatic carbocycles. The molecule has 0 unspecified atom stereocenters. The van der Waals surface area contributed by atoms with Gasteiger partial charge in [0.05, 0.1) is 24.9 Å². The molecule has 2 heterocycles. The van der Waals surface area contributed by atoms with Gasteiger partial charge in [0, 0.05) is 23.4 Å². The largest absolute Gasteiger partial charge is 0.381 e. The summed E-state index contributed by atoms with van der Waals surface area (Å²) < 4.78 is 5.04. The Balaban J connectivity index is 1.68. The third-order valence-electron chi connectivity index (χ3n) is 2.91. The van der Waals surface area contributed by atoms with Crippen molar-refractivity contribution in [2.24, 2.45) is 5.92 Å². The minimum absolute atomic E-state index is 0.0427. The molecule has 0 aliphatic carbocycles.